The van der Waals surface area contributed by atoms with Crippen LogP contribution in [0, 0.1) is 6.92 Å². The molecule has 0 bridgehead atoms. The molecule has 1 aliphatic rings. The van der Waals surface area contributed by atoms with Crippen molar-refractivity contribution < 1.29 is 4.74 Å². The van der Waals surface area contributed by atoms with Crippen molar-refractivity contribution in [2.24, 2.45) is 0 Å². The molecule has 0 aromatic heterocycles. The van der Waals surface area contributed by atoms with E-state index in [1.165, 1.54) is 27.4 Å². The van der Waals surface area contributed by atoms with Crippen molar-refractivity contribution in [1.82, 2.24) is 0 Å². The Hall–Kier alpha value is -1.59. The fourth-order valence-electron chi connectivity index (χ4n) is 4.90. The first kappa shape index (κ1) is 21.1. The van der Waals surface area contributed by atoms with E-state index in [0.29, 0.717) is 5.54 Å². The lowest BCUT2D eigenvalue weighted by atomic mass is 9.85. The molecule has 0 fully saturated rings. The molecule has 1 radical (unpaired) electrons. The Morgan fingerprint density at radius 1 is 1.07 bits per heavy atom. The largest absolute Gasteiger partial charge is 0.497 e. The second kappa shape index (κ2) is 7.34. The standard InChI is InChI=1S/C25H35OSi2/c1-17-16-21(23(26-5)22(25(2,3)4)24(17)27(6)7)28(8,9)20-15-14-18-12-10-11-13-19(18)20/h10-16,20H,1-9H3. The first-order valence-electron chi connectivity index (χ1n) is 10.3. The highest BCUT2D eigenvalue weighted by Gasteiger charge is 2.40. The van der Waals surface area contributed by atoms with Crippen LogP contribution in [0.3, 0.4) is 0 Å². The first-order valence-corrected chi connectivity index (χ1v) is 15.9. The Labute approximate surface area is 174 Å². The third-order valence-corrected chi connectivity index (χ3v) is 11.7. The number of aryl methyl sites for hydroxylation is 1. The minimum atomic E-state index is -1.86. The predicted octanol–water partition coefficient (Wildman–Crippen LogP) is 5.53. The highest BCUT2D eigenvalue weighted by atomic mass is 28.3. The highest BCUT2D eigenvalue weighted by Crippen LogP contribution is 2.40. The molecule has 2 aromatic carbocycles. The van der Waals surface area contributed by atoms with E-state index in [9.17, 15) is 0 Å². The summed E-state index contributed by atoms with van der Waals surface area (Å²) in [7, 11) is -0.587. The minimum Gasteiger partial charge on any atom is -0.497 e. The van der Waals surface area contributed by atoms with E-state index in [0.717, 1.165) is 5.75 Å². The van der Waals surface area contributed by atoms with Gasteiger partial charge in [0, 0.05) is 5.54 Å². The average Bonchev–Trinajstić information content (AvgIpc) is 3.04. The van der Waals surface area contributed by atoms with Crippen LogP contribution in [-0.4, -0.2) is 24.0 Å². The zero-order valence-electron chi connectivity index (χ0n) is 19.0. The summed E-state index contributed by atoms with van der Waals surface area (Å²) >= 11 is 0. The van der Waals surface area contributed by atoms with E-state index in [-0.39, 0.29) is 5.41 Å². The smallest absolute Gasteiger partial charge is 0.121 e. The zero-order valence-corrected chi connectivity index (χ0v) is 21.0. The van der Waals surface area contributed by atoms with Crippen molar-refractivity contribution in [2.75, 3.05) is 7.11 Å². The van der Waals surface area contributed by atoms with Crippen LogP contribution in [0.25, 0.3) is 6.08 Å². The van der Waals surface area contributed by atoms with Crippen LogP contribution in [0.4, 0.5) is 0 Å². The molecule has 1 aliphatic carbocycles. The Morgan fingerprint density at radius 3 is 2.29 bits per heavy atom. The number of rotatable bonds is 4. The van der Waals surface area contributed by atoms with Gasteiger partial charge in [0.25, 0.3) is 0 Å². The van der Waals surface area contributed by atoms with Gasteiger partial charge in [-0.3, -0.25) is 0 Å². The molecule has 149 valence electrons. The van der Waals surface area contributed by atoms with Crippen LogP contribution < -0.4 is 15.1 Å². The molecular weight excluding hydrogens is 372 g/mol. The van der Waals surface area contributed by atoms with Gasteiger partial charge < -0.3 is 4.74 Å². The molecule has 1 nitrogen and oxygen atoms in total. The molecule has 3 heteroatoms. The number of methoxy groups -OCH3 is 1. The molecule has 0 N–H and O–H groups in total. The average molecular weight is 408 g/mol. The quantitative estimate of drug-likeness (QED) is 0.606. The van der Waals surface area contributed by atoms with Gasteiger partial charge >= 0.3 is 0 Å². The second-order valence-electron chi connectivity index (χ2n) is 9.96. The summed E-state index contributed by atoms with van der Waals surface area (Å²) in [6.45, 7) is 19.1. The molecular formula is C25H35OSi2. The molecule has 0 amide bonds. The number of hydrogen-bond donors (Lipinski definition) is 0. The molecule has 28 heavy (non-hydrogen) atoms. The van der Waals surface area contributed by atoms with Gasteiger partial charge in [-0.15, -0.1) is 0 Å². The fraction of sp³-hybridized carbons (Fsp3) is 0.440. The van der Waals surface area contributed by atoms with Crippen LogP contribution in [0.2, 0.25) is 26.2 Å². The summed E-state index contributed by atoms with van der Waals surface area (Å²) in [5, 5.41) is 3.03. The Kier molecular flexibility index (Phi) is 5.54. The van der Waals surface area contributed by atoms with E-state index >= 15 is 0 Å². The summed E-state index contributed by atoms with van der Waals surface area (Å²) < 4.78 is 6.21. The molecule has 1 atom stereocenters. The molecule has 1 unspecified atom stereocenters. The summed E-state index contributed by atoms with van der Waals surface area (Å²) in [5.74, 6) is 1.16. The molecule has 0 saturated carbocycles. The number of benzene rings is 2. The molecule has 3 rings (SSSR count). The van der Waals surface area contributed by atoms with Gasteiger partial charge in [0.15, 0.2) is 0 Å². The van der Waals surface area contributed by atoms with Crippen LogP contribution in [0.1, 0.15) is 48.6 Å². The van der Waals surface area contributed by atoms with Gasteiger partial charge in [0.2, 0.25) is 0 Å². The Bertz CT molecular complexity index is 917. The van der Waals surface area contributed by atoms with E-state index < -0.39 is 16.9 Å². The maximum Gasteiger partial charge on any atom is 0.121 e. The summed E-state index contributed by atoms with van der Waals surface area (Å²) in [4.78, 5) is 0. The highest BCUT2D eigenvalue weighted by molar-refractivity contribution is 6.92. The van der Waals surface area contributed by atoms with E-state index in [4.69, 9.17) is 4.74 Å². The zero-order chi connectivity index (χ0) is 20.9. The number of fused-ring (bicyclic) bond motifs is 1. The monoisotopic (exact) mass is 407 g/mol. The second-order valence-corrected chi connectivity index (χ2v) is 17.1. The fourth-order valence-corrected chi connectivity index (χ4v) is 10.1. The normalized spacial score (nSPS) is 16.6. The Balaban J connectivity index is 2.28. The number of allylic oxidation sites excluding steroid dienone is 1. The van der Waals surface area contributed by atoms with Crippen molar-refractivity contribution in [3.05, 3.63) is 58.7 Å². The van der Waals surface area contributed by atoms with Gasteiger partial charge in [0.05, 0.1) is 24.0 Å². The van der Waals surface area contributed by atoms with Gasteiger partial charge in [-0.25, -0.2) is 0 Å². The third-order valence-electron chi connectivity index (χ3n) is 6.20. The van der Waals surface area contributed by atoms with Crippen molar-refractivity contribution in [3.8, 4) is 5.75 Å². The molecule has 0 heterocycles. The summed E-state index contributed by atoms with van der Waals surface area (Å²) in [5.41, 5.74) is 6.32. The van der Waals surface area contributed by atoms with Crippen LogP contribution in [0.5, 0.6) is 5.75 Å². The van der Waals surface area contributed by atoms with Crippen LogP contribution in [0.15, 0.2) is 36.4 Å². The maximum absolute atomic E-state index is 6.21. The third kappa shape index (κ3) is 3.44. The van der Waals surface area contributed by atoms with E-state index in [1.807, 2.05) is 7.11 Å². The predicted molar refractivity (Wildman–Crippen MR) is 129 cm³/mol. The van der Waals surface area contributed by atoms with Crippen molar-refractivity contribution >= 4 is 33.3 Å². The van der Waals surface area contributed by atoms with Crippen LogP contribution >= 0.6 is 0 Å². The summed E-state index contributed by atoms with van der Waals surface area (Å²) in [6.07, 6.45) is 4.75. The van der Waals surface area contributed by atoms with Gasteiger partial charge in [-0.2, -0.15) is 0 Å². The maximum atomic E-state index is 6.21. The van der Waals surface area contributed by atoms with Gasteiger partial charge in [0.1, 0.15) is 5.75 Å². The van der Waals surface area contributed by atoms with Crippen molar-refractivity contribution in [2.45, 2.75) is 64.8 Å². The topological polar surface area (TPSA) is 9.23 Å². The lowest BCUT2D eigenvalue weighted by Gasteiger charge is -2.36. The molecule has 0 spiro atoms. The van der Waals surface area contributed by atoms with E-state index in [2.05, 4.69) is 96.4 Å². The first-order chi connectivity index (χ1) is 13.0. The van der Waals surface area contributed by atoms with Gasteiger partial charge in [-0.1, -0.05) is 100 Å². The SMILES string of the molecule is COc1c([Si](C)(C)C2C=Cc3ccccc32)cc(C)c([Si](C)C)c1C(C)(C)C. The summed E-state index contributed by atoms with van der Waals surface area (Å²) in [6, 6.07) is 11.3. The van der Waals surface area contributed by atoms with Crippen molar-refractivity contribution in [3.63, 3.8) is 0 Å². The minimum absolute atomic E-state index is 0.0668. The van der Waals surface area contributed by atoms with Crippen molar-refractivity contribution in [1.29, 1.82) is 0 Å². The molecule has 0 aliphatic heterocycles. The molecule has 0 saturated heterocycles. The van der Waals surface area contributed by atoms with Crippen LogP contribution in [-0.2, 0) is 5.41 Å². The van der Waals surface area contributed by atoms with E-state index in [1.54, 1.807) is 5.19 Å². The lowest BCUT2D eigenvalue weighted by molar-refractivity contribution is 0.401. The number of hydrogen-bond acceptors (Lipinski definition) is 1. The van der Waals surface area contributed by atoms with Gasteiger partial charge in [-0.05, 0) is 34.2 Å². The lowest BCUT2D eigenvalue weighted by Crippen LogP contribution is -2.50. The number of ether oxygens (including phenoxy) is 1. The Morgan fingerprint density at radius 2 is 1.71 bits per heavy atom. The molecule has 2 aromatic rings.